The Labute approximate surface area is 137 Å². The molecule has 1 heterocycles. The molecule has 3 aromatic rings. The van der Waals surface area contributed by atoms with Crippen molar-refractivity contribution in [1.82, 2.24) is 4.57 Å². The van der Waals surface area contributed by atoms with Gasteiger partial charge in [-0.1, -0.05) is 23.3 Å². The fourth-order valence-electron chi connectivity index (χ4n) is 3.00. The van der Waals surface area contributed by atoms with Crippen LogP contribution in [0.25, 0.3) is 21.8 Å². The maximum absolute atomic E-state index is 11.0. The minimum absolute atomic E-state index is 0.169. The predicted octanol–water partition coefficient (Wildman–Crippen LogP) is 4.37. The highest BCUT2D eigenvalue weighted by Gasteiger charge is 2.13. The number of fused-ring (bicyclic) bond motifs is 3. The normalized spacial score (nSPS) is 14.3. The van der Waals surface area contributed by atoms with Crippen molar-refractivity contribution in [3.63, 3.8) is 0 Å². The number of rotatable bonds is 5. The summed E-state index contributed by atoms with van der Waals surface area (Å²) in [6.45, 7) is 3.54. The Morgan fingerprint density at radius 3 is 2.00 bits per heavy atom. The summed E-state index contributed by atoms with van der Waals surface area (Å²) < 4.78 is 21.5. The lowest BCUT2D eigenvalue weighted by Crippen LogP contribution is -1.99. The lowest BCUT2D eigenvalue weighted by Gasteiger charge is -2.08. The van der Waals surface area contributed by atoms with Crippen LogP contribution in [0, 0.1) is 13.8 Å². The van der Waals surface area contributed by atoms with Crippen LogP contribution in [0.15, 0.2) is 36.4 Å². The zero-order valence-electron chi connectivity index (χ0n) is 14.4. The minimum atomic E-state index is -4.00. The number of benzene rings is 2. The van der Waals surface area contributed by atoms with Gasteiger partial charge in [0.25, 0.3) is 0 Å². The van der Waals surface area contributed by atoms with Gasteiger partial charge >= 0.3 is 7.60 Å². The largest absolute Gasteiger partial charge is 0.340 e. The minimum Gasteiger partial charge on any atom is -0.340 e. The molecule has 0 radical (unpaired) electrons. The van der Waals surface area contributed by atoms with Gasteiger partial charge < -0.3 is 14.4 Å². The van der Waals surface area contributed by atoms with Gasteiger partial charge in [-0.05, 0) is 51.0 Å². The summed E-state index contributed by atoms with van der Waals surface area (Å²) in [5.74, 6) is 0. The molecule has 2 aromatic carbocycles. The van der Waals surface area contributed by atoms with Crippen molar-refractivity contribution in [1.29, 1.82) is 0 Å². The summed E-state index contributed by atoms with van der Waals surface area (Å²) in [5.41, 5.74) is 4.34. The van der Waals surface area contributed by atoms with Crippen LogP contribution in [0.1, 0.15) is 25.3 Å². The Balaban J connectivity index is 2.06. The molecule has 0 spiro atoms. The van der Waals surface area contributed by atoms with Crippen molar-refractivity contribution in [3.05, 3.63) is 47.5 Å². The van der Waals surface area contributed by atoms with E-state index in [2.05, 4.69) is 26.0 Å². The van der Waals surface area contributed by atoms with E-state index in [-0.39, 0.29) is 6.16 Å². The van der Waals surface area contributed by atoms with E-state index in [0.29, 0.717) is 12.8 Å². The number of nitrogens with zero attached hydrogens (tertiary/aromatic N) is 1. The van der Waals surface area contributed by atoms with E-state index in [0.717, 1.165) is 21.8 Å². The highest BCUT2D eigenvalue weighted by atomic mass is 31.2. The summed E-state index contributed by atoms with van der Waals surface area (Å²) in [7, 11) is -4.00. The fourth-order valence-corrected chi connectivity index (χ4v) is 3.59. The van der Waals surface area contributed by atoms with E-state index in [1.807, 2.05) is 28.8 Å². The quantitative estimate of drug-likeness (QED) is 0.682. The van der Waals surface area contributed by atoms with Crippen LogP contribution in [0.5, 0.6) is 0 Å². The van der Waals surface area contributed by atoms with Crippen molar-refractivity contribution in [2.75, 3.05) is 6.16 Å². The first-order valence-electron chi connectivity index (χ1n) is 8.32. The molecule has 0 aliphatic heterocycles. The molecule has 1 atom stereocenters. The Hall–Kier alpha value is -1.61. The summed E-state index contributed by atoms with van der Waals surface area (Å²) in [4.78, 5) is 18.0. The highest BCUT2D eigenvalue weighted by Crippen LogP contribution is 2.36. The third-order valence-electron chi connectivity index (χ3n) is 4.08. The van der Waals surface area contributed by atoms with Crippen LogP contribution < -0.4 is 0 Å². The van der Waals surface area contributed by atoms with Gasteiger partial charge in [-0.3, -0.25) is 4.57 Å². The third kappa shape index (κ3) is 3.50. The maximum atomic E-state index is 11.0. The van der Waals surface area contributed by atoms with Gasteiger partial charge in [-0.2, -0.15) is 0 Å². The van der Waals surface area contributed by atoms with Gasteiger partial charge in [0.2, 0.25) is 0 Å². The fraction of sp³-hybridized carbons (Fsp3) is 0.333. The smallest absolute Gasteiger partial charge is 0.325 e. The van der Waals surface area contributed by atoms with Crippen LogP contribution in [-0.4, -0.2) is 20.5 Å². The molecule has 0 amide bonds. The predicted molar refractivity (Wildman–Crippen MR) is 95.1 cm³/mol. The molecular weight excluding hydrogens is 309 g/mol. The zero-order chi connectivity index (χ0) is 17.5. The number of hydrogen-bond donors (Lipinski definition) is 2. The Morgan fingerprint density at radius 1 is 1.00 bits per heavy atom. The van der Waals surface area contributed by atoms with Crippen molar-refractivity contribution >= 4 is 29.4 Å². The summed E-state index contributed by atoms with van der Waals surface area (Å²) >= 11 is 0. The first-order valence-corrected chi connectivity index (χ1v) is 9.54. The molecule has 5 heteroatoms. The lowest BCUT2D eigenvalue weighted by molar-refractivity contribution is 0.370. The average Bonchev–Trinajstić information content (AvgIpc) is 2.79. The van der Waals surface area contributed by atoms with E-state index in [9.17, 15) is 4.57 Å². The van der Waals surface area contributed by atoms with E-state index in [1.54, 1.807) is 0 Å². The number of aromatic nitrogens is 1. The molecule has 4 nitrogen and oxygen atoms in total. The van der Waals surface area contributed by atoms with Gasteiger partial charge in [0.1, 0.15) is 0 Å². The van der Waals surface area contributed by atoms with Crippen LogP contribution in [0.4, 0.5) is 0 Å². The van der Waals surface area contributed by atoms with E-state index in [4.69, 9.17) is 11.2 Å². The second-order valence-electron chi connectivity index (χ2n) is 6.12. The Kier molecular flexibility index (Phi) is 3.98. The molecular formula is C18H22NO3P. The van der Waals surface area contributed by atoms with Crippen LogP contribution in [-0.2, 0) is 11.1 Å². The molecule has 0 saturated heterocycles. The van der Waals surface area contributed by atoms with Gasteiger partial charge in [0, 0.05) is 35.9 Å². The summed E-state index contributed by atoms with van der Waals surface area (Å²) in [6.07, 6.45) is 0.570. The van der Waals surface area contributed by atoms with E-state index < -0.39 is 14.1 Å². The van der Waals surface area contributed by atoms with Crippen molar-refractivity contribution in [2.45, 2.75) is 33.2 Å². The van der Waals surface area contributed by atoms with Crippen molar-refractivity contribution in [2.24, 2.45) is 0 Å². The first kappa shape index (κ1) is 14.9. The van der Waals surface area contributed by atoms with Gasteiger partial charge in [-0.15, -0.1) is 0 Å². The summed E-state index contributed by atoms with van der Waals surface area (Å²) in [6, 6.07) is 12.4. The van der Waals surface area contributed by atoms with Gasteiger partial charge in [0.15, 0.2) is 0 Å². The lowest BCUT2D eigenvalue weighted by atomic mass is 10.1. The van der Waals surface area contributed by atoms with Gasteiger partial charge in [-0.25, -0.2) is 0 Å². The van der Waals surface area contributed by atoms with Crippen molar-refractivity contribution in [3.8, 4) is 0 Å². The molecule has 0 aliphatic carbocycles. The Bertz CT molecular complexity index is 885. The molecule has 0 saturated carbocycles. The molecule has 23 heavy (non-hydrogen) atoms. The molecule has 2 N–H and O–H groups in total. The molecule has 0 aliphatic rings. The molecule has 1 aromatic heterocycles. The molecule has 3 rings (SSSR count). The molecule has 0 bridgehead atoms. The van der Waals surface area contributed by atoms with Crippen LogP contribution in [0.3, 0.4) is 0 Å². The molecule has 122 valence electrons. The molecule has 0 fully saturated rings. The van der Waals surface area contributed by atoms with Crippen molar-refractivity contribution < 1.29 is 15.7 Å². The van der Waals surface area contributed by atoms with Crippen LogP contribution in [0.2, 0.25) is 0 Å². The topological polar surface area (TPSA) is 62.5 Å². The monoisotopic (exact) mass is 332 g/mol. The maximum Gasteiger partial charge on any atom is 0.325 e. The standard InChI is InChI=1S/C18H22NO3P/c1-13-5-7-17-15(11-13)16-12-14(2)6-8-18(16)19(17)9-3-4-10-23(20,21)22/h5-8,11-12H,3-4,9-10H2,1-2H3,(H2,20,21,22)/i9D. The highest BCUT2D eigenvalue weighted by molar-refractivity contribution is 7.51. The average molecular weight is 332 g/mol. The second kappa shape index (κ2) is 6.12. The second-order valence-corrected chi connectivity index (χ2v) is 7.90. The SMILES string of the molecule is [2H]C(CCCP(=O)(O)O)n1c2ccc(C)cc2c2cc(C)ccc21. The van der Waals surface area contributed by atoms with E-state index >= 15 is 0 Å². The van der Waals surface area contributed by atoms with Crippen LogP contribution >= 0.6 is 7.60 Å². The van der Waals surface area contributed by atoms with Gasteiger partial charge in [0.05, 0.1) is 0 Å². The Morgan fingerprint density at radius 2 is 1.52 bits per heavy atom. The molecule has 1 unspecified atom stereocenters. The first-order chi connectivity index (χ1) is 11.3. The number of hydrogen-bond acceptors (Lipinski definition) is 1. The van der Waals surface area contributed by atoms with E-state index in [1.165, 1.54) is 11.1 Å². The third-order valence-corrected chi connectivity index (χ3v) is 4.98. The summed E-state index contributed by atoms with van der Waals surface area (Å²) in [5, 5.41) is 2.25. The number of aryl methyl sites for hydroxylation is 3. The zero-order valence-corrected chi connectivity index (χ0v) is 14.3.